The van der Waals surface area contributed by atoms with Crippen LogP contribution in [0, 0.1) is 19.8 Å². The number of nitrogens with zero attached hydrogens (tertiary/aromatic N) is 4. The number of aryl methyl sites for hydroxylation is 2. The molecule has 174 valence electrons. The highest BCUT2D eigenvalue weighted by Crippen LogP contribution is 2.30. The van der Waals surface area contributed by atoms with Gasteiger partial charge in [-0.2, -0.15) is 5.10 Å². The number of anilines is 1. The van der Waals surface area contributed by atoms with Gasteiger partial charge in [0.2, 0.25) is 5.91 Å². The topological polar surface area (TPSA) is 62.5 Å². The van der Waals surface area contributed by atoms with Gasteiger partial charge in [0, 0.05) is 37.0 Å². The van der Waals surface area contributed by atoms with E-state index in [4.69, 9.17) is 10.1 Å². The van der Waals surface area contributed by atoms with E-state index in [0.29, 0.717) is 0 Å². The number of nitrogens with one attached hydrogen (secondary N) is 1. The summed E-state index contributed by atoms with van der Waals surface area (Å²) in [4.78, 5) is 19.9. The second kappa shape index (κ2) is 9.29. The van der Waals surface area contributed by atoms with E-state index >= 15 is 0 Å². The van der Waals surface area contributed by atoms with Gasteiger partial charge in [-0.05, 0) is 56.9 Å². The van der Waals surface area contributed by atoms with Crippen molar-refractivity contribution in [2.24, 2.45) is 5.92 Å². The van der Waals surface area contributed by atoms with E-state index in [0.717, 1.165) is 54.1 Å². The second-order valence-electron chi connectivity index (χ2n) is 9.33. The summed E-state index contributed by atoms with van der Waals surface area (Å²) in [6, 6.07) is 18.7. The molecule has 1 fully saturated rings. The molecule has 0 radical (unpaired) electrons. The van der Waals surface area contributed by atoms with Crippen LogP contribution in [0.4, 0.5) is 5.82 Å². The monoisotopic (exact) mass is 453 g/mol. The maximum atomic E-state index is 12.9. The highest BCUT2D eigenvalue weighted by molar-refractivity contribution is 5.80. The van der Waals surface area contributed by atoms with Crippen LogP contribution < -0.4 is 10.2 Å². The number of aromatic nitrogens is 3. The van der Waals surface area contributed by atoms with Gasteiger partial charge >= 0.3 is 0 Å². The fourth-order valence-electron chi connectivity index (χ4n) is 4.81. The molecule has 2 aromatic carbocycles. The van der Waals surface area contributed by atoms with Crippen LogP contribution in [0.25, 0.3) is 16.8 Å². The molecule has 6 heteroatoms. The van der Waals surface area contributed by atoms with Gasteiger partial charge in [-0.25, -0.2) is 9.50 Å². The number of carbonyl (C=O) groups is 1. The normalized spacial score (nSPS) is 15.4. The molecule has 1 atom stereocenters. The predicted octanol–water partition coefficient (Wildman–Crippen LogP) is 5.11. The first kappa shape index (κ1) is 22.1. The Morgan fingerprint density at radius 3 is 2.59 bits per heavy atom. The summed E-state index contributed by atoms with van der Waals surface area (Å²) in [6.45, 7) is 7.86. The lowest BCUT2D eigenvalue weighted by Crippen LogP contribution is -2.41. The smallest absolute Gasteiger partial charge is 0.223 e. The molecule has 0 saturated carbocycles. The Labute approximate surface area is 200 Å². The van der Waals surface area contributed by atoms with Crippen LogP contribution in [0.15, 0.2) is 67.0 Å². The first-order chi connectivity index (χ1) is 16.5. The van der Waals surface area contributed by atoms with Crippen molar-refractivity contribution in [3.63, 3.8) is 0 Å². The molecule has 0 spiro atoms. The zero-order chi connectivity index (χ0) is 23.7. The molecule has 0 unspecified atom stereocenters. The fourth-order valence-corrected chi connectivity index (χ4v) is 4.81. The summed E-state index contributed by atoms with van der Waals surface area (Å²) in [5, 5.41) is 8.03. The van der Waals surface area contributed by atoms with Crippen molar-refractivity contribution in [1.82, 2.24) is 19.9 Å². The van der Waals surface area contributed by atoms with Gasteiger partial charge in [0.1, 0.15) is 5.52 Å². The molecule has 1 aliphatic rings. The quantitative estimate of drug-likeness (QED) is 0.456. The van der Waals surface area contributed by atoms with Crippen molar-refractivity contribution in [3.8, 4) is 11.3 Å². The summed E-state index contributed by atoms with van der Waals surface area (Å²) < 4.78 is 1.92. The Morgan fingerprint density at radius 2 is 1.82 bits per heavy atom. The summed E-state index contributed by atoms with van der Waals surface area (Å²) in [6.07, 6.45) is 5.34. The molecule has 1 aliphatic heterocycles. The lowest BCUT2D eigenvalue weighted by atomic mass is 9.95. The Balaban J connectivity index is 1.30. The number of carbonyl (C=O) groups excluding carboxylic acids is 1. The minimum Gasteiger partial charge on any atom is -0.355 e. The van der Waals surface area contributed by atoms with Crippen LogP contribution in [0.5, 0.6) is 0 Å². The summed E-state index contributed by atoms with van der Waals surface area (Å²) in [7, 11) is 0. The van der Waals surface area contributed by atoms with Crippen molar-refractivity contribution in [3.05, 3.63) is 83.7 Å². The third kappa shape index (κ3) is 4.40. The first-order valence-electron chi connectivity index (χ1n) is 12.0. The van der Waals surface area contributed by atoms with Crippen LogP contribution in [0.1, 0.15) is 42.5 Å². The summed E-state index contributed by atoms with van der Waals surface area (Å²) >= 11 is 0. The van der Waals surface area contributed by atoms with E-state index in [1.165, 1.54) is 11.1 Å². The summed E-state index contributed by atoms with van der Waals surface area (Å²) in [5.41, 5.74) is 6.67. The molecular weight excluding hydrogens is 422 g/mol. The largest absolute Gasteiger partial charge is 0.355 e. The third-order valence-corrected chi connectivity index (χ3v) is 6.86. The molecule has 0 bridgehead atoms. The number of hydrogen-bond acceptors (Lipinski definition) is 4. The van der Waals surface area contributed by atoms with Gasteiger partial charge in [0.25, 0.3) is 0 Å². The van der Waals surface area contributed by atoms with Crippen molar-refractivity contribution >= 4 is 17.2 Å². The van der Waals surface area contributed by atoms with Gasteiger partial charge < -0.3 is 10.2 Å². The molecular formula is C28H31N5O. The van der Waals surface area contributed by atoms with Crippen molar-refractivity contribution < 1.29 is 4.79 Å². The number of rotatable bonds is 5. The average Bonchev–Trinajstić information content (AvgIpc) is 3.30. The van der Waals surface area contributed by atoms with E-state index in [1.807, 2.05) is 42.0 Å². The average molecular weight is 454 g/mol. The molecule has 4 aromatic rings. The first-order valence-corrected chi connectivity index (χ1v) is 12.0. The van der Waals surface area contributed by atoms with Gasteiger partial charge in [0.15, 0.2) is 5.82 Å². The van der Waals surface area contributed by atoms with Crippen LogP contribution in [-0.4, -0.2) is 33.6 Å². The van der Waals surface area contributed by atoms with E-state index in [1.54, 1.807) is 0 Å². The third-order valence-electron chi connectivity index (χ3n) is 6.86. The van der Waals surface area contributed by atoms with Gasteiger partial charge in [-0.3, -0.25) is 4.79 Å². The molecule has 0 aliphatic carbocycles. The molecule has 6 nitrogen and oxygen atoms in total. The van der Waals surface area contributed by atoms with Gasteiger partial charge in [0.05, 0.1) is 11.7 Å². The van der Waals surface area contributed by atoms with E-state index in [9.17, 15) is 4.79 Å². The molecule has 1 amide bonds. The highest BCUT2D eigenvalue weighted by Gasteiger charge is 2.27. The van der Waals surface area contributed by atoms with Gasteiger partial charge in [-0.15, -0.1) is 0 Å². The zero-order valence-corrected chi connectivity index (χ0v) is 20.0. The minimum absolute atomic E-state index is 0.0115. The van der Waals surface area contributed by atoms with E-state index in [-0.39, 0.29) is 17.9 Å². The van der Waals surface area contributed by atoms with E-state index in [2.05, 4.69) is 60.5 Å². The van der Waals surface area contributed by atoms with E-state index < -0.39 is 0 Å². The fraction of sp³-hybridized carbons (Fsp3) is 0.321. The lowest BCUT2D eigenvalue weighted by Gasteiger charge is -2.32. The van der Waals surface area contributed by atoms with Crippen LogP contribution in [0.3, 0.4) is 0 Å². The predicted molar refractivity (Wildman–Crippen MR) is 136 cm³/mol. The Hall–Kier alpha value is -3.67. The molecule has 5 rings (SSSR count). The SMILES string of the molecule is Cc1ccc(C)c(-c2cc3c(N4CCC(C(=O)N[C@H](C)c5ccccc5)CC4)nccn3n2)c1. The number of hydrogen-bond donors (Lipinski definition) is 1. The minimum atomic E-state index is 0.0115. The van der Waals surface area contributed by atoms with Crippen LogP contribution >= 0.6 is 0 Å². The Morgan fingerprint density at radius 1 is 1.06 bits per heavy atom. The zero-order valence-electron chi connectivity index (χ0n) is 20.0. The number of amides is 1. The highest BCUT2D eigenvalue weighted by atomic mass is 16.1. The molecule has 2 aromatic heterocycles. The standard InChI is InChI=1S/C28H31N5O/c1-19-9-10-20(2)24(17-19)25-18-26-27(29-13-16-33(26)31-25)32-14-11-23(12-15-32)28(34)30-21(3)22-7-5-4-6-8-22/h4-10,13,16-18,21,23H,11-12,14-15H2,1-3H3,(H,30,34)/t21-/m1/s1. The lowest BCUT2D eigenvalue weighted by molar-refractivity contribution is -0.126. The maximum Gasteiger partial charge on any atom is 0.223 e. The van der Waals surface area contributed by atoms with Crippen molar-refractivity contribution in [2.75, 3.05) is 18.0 Å². The van der Waals surface area contributed by atoms with Gasteiger partial charge in [-0.1, -0.05) is 48.0 Å². The van der Waals surface area contributed by atoms with Crippen LogP contribution in [-0.2, 0) is 4.79 Å². The number of piperidine rings is 1. The van der Waals surface area contributed by atoms with Crippen molar-refractivity contribution in [2.45, 2.75) is 39.7 Å². The second-order valence-corrected chi connectivity index (χ2v) is 9.33. The molecule has 3 heterocycles. The molecule has 1 saturated heterocycles. The van der Waals surface area contributed by atoms with Crippen LogP contribution in [0.2, 0.25) is 0 Å². The molecule has 1 N–H and O–H groups in total. The summed E-state index contributed by atoms with van der Waals surface area (Å²) in [5.74, 6) is 1.10. The number of benzene rings is 2. The van der Waals surface area contributed by atoms with Crippen molar-refractivity contribution in [1.29, 1.82) is 0 Å². The molecule has 34 heavy (non-hydrogen) atoms. The number of fused-ring (bicyclic) bond motifs is 1. The Kier molecular flexibility index (Phi) is 6.05. The maximum absolute atomic E-state index is 12.9. The Bertz CT molecular complexity index is 1310.